The summed E-state index contributed by atoms with van der Waals surface area (Å²) in [5, 5.41) is 11.9. The minimum atomic E-state index is -0.364. The lowest BCUT2D eigenvalue weighted by Gasteiger charge is -2.26. The first kappa shape index (κ1) is 87.8. The summed E-state index contributed by atoms with van der Waals surface area (Å²) in [4.78, 5) is 0. The van der Waals surface area contributed by atoms with Gasteiger partial charge in [0.25, 0.3) is 0 Å². The average molecular weight is 1900 g/mol. The van der Waals surface area contributed by atoms with E-state index in [-0.39, 0.29) is 131 Å². The summed E-state index contributed by atoms with van der Waals surface area (Å²) < 4.78 is 102. The lowest BCUT2D eigenvalue weighted by molar-refractivity contribution is 0.568. The Bertz CT molecular complexity index is 8280. The highest BCUT2D eigenvalue weighted by atomic mass is 32.1. The molecule has 0 unspecified atom stereocenters. The number of hydrogen-bond donors (Lipinski definition) is 0. The third-order valence-corrected chi connectivity index (χ3v) is 30.8. The molecule has 0 aliphatic rings. The molecule has 2 nitrogen and oxygen atoms in total. The van der Waals surface area contributed by atoms with Crippen LogP contribution in [0.4, 0.5) is 0 Å². The Labute approximate surface area is 856 Å². The molecule has 0 amide bonds. The molecule has 0 aliphatic heterocycles. The molecule has 0 saturated heterocycles. The quantitative estimate of drug-likeness (QED) is 0.172. The second-order valence-electron chi connectivity index (χ2n) is 49.5. The number of rotatable bonds is 5. The van der Waals surface area contributed by atoms with Gasteiger partial charge in [0.1, 0.15) is 22.3 Å². The van der Waals surface area contributed by atoms with Crippen LogP contribution in [0.2, 0.25) is 0 Å². The standard InChI is InChI=1S/2C30H36O.C30H36S.2C22H20S/c1-28(2,3)20-16-19(17-21(18-20)29(4,5)6)22-12-10-14-24-26(22)27-23(30(7,8)9)13-11-15-25(27)31-24;2*1-28(2,3)20-16-19(17-21(18-20)29(4,5)6)22-12-10-13-23-24-14-11-15-25(30(7,8)9)27(24)31-26(22)23;1-22(2,3)17-12-8-14-19-21(17)20-16(11-7-13-18(20)23-19)15-9-5-4-6-10-15;1-22(2,3)19-14-8-13-18-17-12-7-11-16(20(17)23-21(18)19)15-9-5-4-6-10-15/h3*10-18H,1-9H3;2*4-14H,1-3H3/i;;;2*4D,5D,6D,9D,10D. The van der Waals surface area contributed by atoms with Gasteiger partial charge < -0.3 is 8.83 Å². The molecule has 5 heteroatoms. The largest absolute Gasteiger partial charge is 0.456 e. The van der Waals surface area contributed by atoms with Gasteiger partial charge in [0, 0.05) is 93.2 Å². The number of hydrogen-bond acceptors (Lipinski definition) is 5. The van der Waals surface area contributed by atoms with Crippen molar-refractivity contribution in [1.29, 1.82) is 0 Å². The zero-order valence-electron chi connectivity index (χ0n) is 98.6. The number of benzene rings is 15. The van der Waals surface area contributed by atoms with E-state index >= 15 is 0 Å². The van der Waals surface area contributed by atoms with Crippen LogP contribution in [0.1, 0.15) is 303 Å². The summed E-state index contributed by atoms with van der Waals surface area (Å²) in [6, 6.07) is 82.7. The van der Waals surface area contributed by atoms with Gasteiger partial charge in [-0.25, -0.2) is 0 Å². The molecule has 139 heavy (non-hydrogen) atoms. The van der Waals surface area contributed by atoms with Crippen LogP contribution in [-0.4, -0.2) is 0 Å². The monoisotopic (exact) mass is 1900 g/mol. The third kappa shape index (κ3) is 20.9. The molecular weight excluding hydrogens is 1740 g/mol. The van der Waals surface area contributed by atoms with Crippen molar-refractivity contribution in [1.82, 2.24) is 0 Å². The Morgan fingerprint density at radius 3 is 0.871 bits per heavy atom. The molecule has 5 heterocycles. The van der Waals surface area contributed by atoms with Gasteiger partial charge in [-0.1, -0.05) is 501 Å². The summed E-state index contributed by atoms with van der Waals surface area (Å²) in [7, 11) is 0. The molecule has 0 N–H and O–H groups in total. The van der Waals surface area contributed by atoms with Crippen molar-refractivity contribution in [2.75, 3.05) is 0 Å². The van der Waals surface area contributed by atoms with Gasteiger partial charge in [0.2, 0.25) is 0 Å². The van der Waals surface area contributed by atoms with E-state index in [1.54, 1.807) is 22.7 Å². The highest BCUT2D eigenvalue weighted by molar-refractivity contribution is 7.27. The van der Waals surface area contributed by atoms with Gasteiger partial charge in [-0.2, -0.15) is 0 Å². The van der Waals surface area contributed by atoms with Crippen LogP contribution in [0, 0.1) is 0 Å². The van der Waals surface area contributed by atoms with Gasteiger partial charge in [0.15, 0.2) is 0 Å². The predicted molar refractivity (Wildman–Crippen MR) is 618 cm³/mol. The highest BCUT2D eigenvalue weighted by Crippen LogP contribution is 2.52. The Hall–Kier alpha value is -11.4. The molecule has 20 aromatic rings. The van der Waals surface area contributed by atoms with E-state index in [0.29, 0.717) is 11.1 Å². The van der Waals surface area contributed by atoms with Crippen LogP contribution in [-0.2, 0) is 59.6 Å². The van der Waals surface area contributed by atoms with Crippen molar-refractivity contribution >= 4 is 138 Å². The van der Waals surface area contributed by atoms with Crippen molar-refractivity contribution in [2.24, 2.45) is 0 Å². The molecule has 714 valence electrons. The molecule has 15 aromatic carbocycles. The number of furan rings is 2. The summed E-state index contributed by atoms with van der Waals surface area (Å²) >= 11 is 5.27. The van der Waals surface area contributed by atoms with Crippen LogP contribution in [0.5, 0.6) is 0 Å². The third-order valence-electron chi connectivity index (χ3n) is 27.1. The van der Waals surface area contributed by atoms with Crippen LogP contribution in [0.3, 0.4) is 0 Å². The fourth-order valence-electron chi connectivity index (χ4n) is 19.0. The summed E-state index contributed by atoms with van der Waals surface area (Å²) in [6.07, 6.45) is 0. The van der Waals surface area contributed by atoms with Gasteiger partial charge in [-0.15, -0.1) is 34.0 Å². The topological polar surface area (TPSA) is 26.3 Å². The maximum atomic E-state index is 8.42. The Morgan fingerprint density at radius 2 is 0.468 bits per heavy atom. The Kier molecular flexibility index (Phi) is 23.5. The SMILES string of the molecule is CC(C)(C)c1cc(-c2cccc3c2oc2c(C(C)(C)C)cccc23)cc(C(C)(C)C)c1.CC(C)(C)c1cc(-c2cccc3c2sc2c(C(C)(C)C)cccc23)cc(C(C)(C)C)c1.CC(C)(C)c1cc(-c2cccc3oc4cccc(C(C)(C)C)c4c23)cc(C(C)(C)C)c1.[2H]c1c([2H])c([2H])c(-c2cccc3c2sc2c(C(C)(C)C)cccc23)c([2H])c1[2H].[2H]c1c([2H])c([2H])c(-c2cccc3sc4cccc(C(C)(C)C)c4c23)c([2H])c1[2H]. The van der Waals surface area contributed by atoms with E-state index in [1.807, 2.05) is 47.7 Å². The Morgan fingerprint density at radius 1 is 0.194 bits per heavy atom. The van der Waals surface area contributed by atoms with E-state index in [4.69, 9.17) is 22.5 Å². The van der Waals surface area contributed by atoms with E-state index in [1.165, 1.54) is 141 Å². The zero-order valence-corrected chi connectivity index (χ0v) is 91.0. The lowest BCUT2D eigenvalue weighted by atomic mass is 9.78. The number of fused-ring (bicyclic) bond motifs is 15. The molecule has 0 aliphatic carbocycles. The molecule has 0 radical (unpaired) electrons. The van der Waals surface area contributed by atoms with E-state index < -0.39 is 0 Å². The first-order chi connectivity index (χ1) is 69.0. The Balaban J connectivity index is 0.000000133. The zero-order chi connectivity index (χ0) is 109. The fraction of sp³-hybridized carbons (Fsp3) is 0.328. The molecule has 0 spiro atoms. The number of para-hydroxylation sites is 2. The summed E-state index contributed by atoms with van der Waals surface area (Å²) in [5.41, 5.74) is 28.9. The normalized spacial score (nSPS) is 13.9. The van der Waals surface area contributed by atoms with Crippen LogP contribution >= 0.6 is 34.0 Å². The molecule has 20 rings (SSSR count). The first-order valence-corrected chi connectivity index (χ1v) is 51.9. The predicted octanol–water partition coefficient (Wildman–Crippen LogP) is 41.9. The molecule has 0 saturated carbocycles. The minimum absolute atomic E-state index is 0.0166. The fourth-order valence-corrected chi connectivity index (χ4v) is 23.3. The maximum Gasteiger partial charge on any atom is 0.143 e. The van der Waals surface area contributed by atoms with Crippen molar-refractivity contribution in [3.8, 4) is 55.6 Å². The highest BCUT2D eigenvalue weighted by Gasteiger charge is 2.32. The van der Waals surface area contributed by atoms with Gasteiger partial charge >= 0.3 is 0 Å². The smallest absolute Gasteiger partial charge is 0.143 e. The first-order valence-electron chi connectivity index (χ1n) is 54.4. The van der Waals surface area contributed by atoms with E-state index in [0.717, 1.165) is 58.0 Å². The van der Waals surface area contributed by atoms with Crippen molar-refractivity contribution in [3.63, 3.8) is 0 Å². The second kappa shape index (κ2) is 37.2. The molecule has 5 aromatic heterocycles. The summed E-state index contributed by atoms with van der Waals surface area (Å²) in [6.45, 7) is 75.0. The molecule has 0 fully saturated rings. The van der Waals surface area contributed by atoms with E-state index in [2.05, 4.69) is 429 Å². The number of thiophene rings is 3. The van der Waals surface area contributed by atoms with Crippen molar-refractivity contribution in [3.05, 3.63) is 358 Å². The van der Waals surface area contributed by atoms with Crippen molar-refractivity contribution in [2.45, 2.75) is 288 Å². The molecule has 0 atom stereocenters. The second-order valence-corrected chi connectivity index (χ2v) is 52.6. The van der Waals surface area contributed by atoms with Gasteiger partial charge in [0.05, 0.1) is 13.7 Å². The molecule has 0 bridgehead atoms. The molecular formula is C134H148O2S3. The minimum Gasteiger partial charge on any atom is -0.456 e. The van der Waals surface area contributed by atoms with Crippen LogP contribution in [0.25, 0.3) is 160 Å². The average Bonchev–Trinajstić information content (AvgIpc) is 1.60. The van der Waals surface area contributed by atoms with Gasteiger partial charge in [-0.05, 0) is 190 Å². The maximum absolute atomic E-state index is 8.42. The lowest BCUT2D eigenvalue weighted by Crippen LogP contribution is -2.16. The van der Waals surface area contributed by atoms with Crippen molar-refractivity contribution < 1.29 is 22.5 Å². The van der Waals surface area contributed by atoms with Gasteiger partial charge in [-0.3, -0.25) is 0 Å². The van der Waals surface area contributed by atoms with E-state index in [9.17, 15) is 0 Å². The van der Waals surface area contributed by atoms with Crippen LogP contribution < -0.4 is 0 Å². The van der Waals surface area contributed by atoms with Crippen LogP contribution in [0.15, 0.2) is 306 Å². The summed E-state index contributed by atoms with van der Waals surface area (Å²) in [5.74, 6) is 0.